The first-order chi connectivity index (χ1) is 27.5. The van der Waals surface area contributed by atoms with E-state index in [1.165, 1.54) is 161 Å². The van der Waals surface area contributed by atoms with E-state index >= 15 is 0 Å². The summed E-state index contributed by atoms with van der Waals surface area (Å²) in [5.74, 6) is 0.689. The summed E-state index contributed by atoms with van der Waals surface area (Å²) in [4.78, 5) is 28.1. The Morgan fingerprint density at radius 2 is 0.839 bits per heavy atom. The Balaban J connectivity index is 4.28. The van der Waals surface area contributed by atoms with Gasteiger partial charge in [-0.1, -0.05) is 188 Å². The lowest BCUT2D eigenvalue weighted by molar-refractivity contribution is -0.149. The van der Waals surface area contributed by atoms with Gasteiger partial charge in [0.25, 0.3) is 0 Å². The third-order valence-electron chi connectivity index (χ3n) is 11.9. The quantitative estimate of drug-likeness (QED) is 0.0489. The summed E-state index contributed by atoms with van der Waals surface area (Å²) in [6, 6.07) is 0. The SMILES string of the molecule is CCCCCCCCC(CCCCCC)COC(=O)CCCCCCCN(CCCCO)CCCCCCOC(=O)C(CCCCCC)CCCCCCCC. The lowest BCUT2D eigenvalue weighted by Gasteiger charge is -2.22. The summed E-state index contributed by atoms with van der Waals surface area (Å²) < 4.78 is 11.6. The van der Waals surface area contributed by atoms with Crippen LogP contribution in [0.15, 0.2) is 0 Å². The smallest absolute Gasteiger partial charge is 0.308 e. The molecule has 0 heterocycles. The number of aliphatic hydroxyl groups excluding tert-OH is 1. The number of hydrogen-bond acceptors (Lipinski definition) is 6. The summed E-state index contributed by atoms with van der Waals surface area (Å²) >= 11 is 0. The van der Waals surface area contributed by atoms with Crippen LogP contribution in [0.25, 0.3) is 0 Å². The van der Waals surface area contributed by atoms with Gasteiger partial charge in [0, 0.05) is 13.0 Å². The van der Waals surface area contributed by atoms with Gasteiger partial charge in [0.2, 0.25) is 0 Å². The molecule has 0 radical (unpaired) electrons. The summed E-state index contributed by atoms with van der Waals surface area (Å²) in [6.07, 6.45) is 42.5. The molecule has 0 aromatic rings. The van der Waals surface area contributed by atoms with Gasteiger partial charge in [0.15, 0.2) is 0 Å². The van der Waals surface area contributed by atoms with Gasteiger partial charge in [0.05, 0.1) is 19.1 Å². The van der Waals surface area contributed by atoms with Crippen molar-refractivity contribution in [1.82, 2.24) is 4.90 Å². The third-order valence-corrected chi connectivity index (χ3v) is 11.9. The van der Waals surface area contributed by atoms with Gasteiger partial charge in [-0.15, -0.1) is 0 Å². The standard InChI is InChI=1S/C50H99NO5/c1-5-9-13-17-20-27-37-47(36-26-15-11-7-3)46-56-49(53)40-30-22-19-23-31-41-51(43-33-34-44-52)42-32-24-25-35-45-55-50(54)48(38-28-16-12-8-4)39-29-21-18-14-10-6-2/h47-48,52H,5-46H2,1-4H3. The highest BCUT2D eigenvalue weighted by atomic mass is 16.5. The Kier molecular flexibility index (Phi) is 44.0. The summed E-state index contributed by atoms with van der Waals surface area (Å²) in [6.45, 7) is 13.8. The summed E-state index contributed by atoms with van der Waals surface area (Å²) in [7, 11) is 0. The Bertz CT molecular complexity index is 806. The molecule has 0 saturated carbocycles. The van der Waals surface area contributed by atoms with Crippen LogP contribution in [-0.2, 0) is 19.1 Å². The average molecular weight is 794 g/mol. The van der Waals surface area contributed by atoms with E-state index in [-0.39, 0.29) is 24.5 Å². The molecule has 0 bridgehead atoms. The van der Waals surface area contributed by atoms with E-state index < -0.39 is 0 Å². The van der Waals surface area contributed by atoms with Gasteiger partial charge < -0.3 is 19.5 Å². The normalized spacial score (nSPS) is 12.7. The van der Waals surface area contributed by atoms with Crippen LogP contribution in [0.4, 0.5) is 0 Å². The highest BCUT2D eigenvalue weighted by molar-refractivity contribution is 5.72. The number of hydrogen-bond donors (Lipinski definition) is 1. The second-order valence-corrected chi connectivity index (χ2v) is 17.4. The number of unbranched alkanes of at least 4 members (excludes halogenated alkanes) is 24. The average Bonchev–Trinajstić information content (AvgIpc) is 3.20. The molecule has 2 atom stereocenters. The van der Waals surface area contributed by atoms with E-state index in [1.807, 2.05) is 0 Å². The van der Waals surface area contributed by atoms with Crippen molar-refractivity contribution in [3.8, 4) is 0 Å². The van der Waals surface area contributed by atoms with Crippen molar-refractivity contribution in [2.24, 2.45) is 11.8 Å². The molecule has 56 heavy (non-hydrogen) atoms. The maximum absolute atomic E-state index is 13.0. The Morgan fingerprint density at radius 1 is 0.446 bits per heavy atom. The fraction of sp³-hybridized carbons (Fsp3) is 0.960. The monoisotopic (exact) mass is 794 g/mol. The molecule has 0 fully saturated rings. The van der Waals surface area contributed by atoms with Crippen LogP contribution >= 0.6 is 0 Å². The molecule has 334 valence electrons. The van der Waals surface area contributed by atoms with Crippen molar-refractivity contribution in [2.75, 3.05) is 39.5 Å². The number of carbonyl (C=O) groups excluding carboxylic acids is 2. The molecule has 2 unspecified atom stereocenters. The van der Waals surface area contributed by atoms with E-state index in [1.54, 1.807) is 0 Å². The summed E-state index contributed by atoms with van der Waals surface area (Å²) in [5, 5.41) is 9.32. The first-order valence-electron chi connectivity index (χ1n) is 25.2. The number of aliphatic hydroxyl groups is 1. The lowest BCUT2D eigenvalue weighted by Crippen LogP contribution is -2.27. The highest BCUT2D eigenvalue weighted by Crippen LogP contribution is 2.22. The molecule has 0 aromatic heterocycles. The van der Waals surface area contributed by atoms with E-state index in [0.29, 0.717) is 25.6 Å². The number of carbonyl (C=O) groups is 2. The maximum Gasteiger partial charge on any atom is 0.308 e. The predicted octanol–water partition coefficient (Wildman–Crippen LogP) is 14.7. The fourth-order valence-corrected chi connectivity index (χ4v) is 8.04. The zero-order chi connectivity index (χ0) is 41.0. The van der Waals surface area contributed by atoms with E-state index in [9.17, 15) is 14.7 Å². The molecule has 0 aromatic carbocycles. The number of rotatable bonds is 46. The number of esters is 2. The molecule has 0 aliphatic carbocycles. The molecule has 0 saturated heterocycles. The Labute approximate surface area is 350 Å². The maximum atomic E-state index is 13.0. The van der Waals surface area contributed by atoms with Gasteiger partial charge in [-0.3, -0.25) is 9.59 Å². The lowest BCUT2D eigenvalue weighted by atomic mass is 9.94. The van der Waals surface area contributed by atoms with Crippen LogP contribution in [0.2, 0.25) is 0 Å². The number of nitrogens with zero attached hydrogens (tertiary/aromatic N) is 1. The van der Waals surface area contributed by atoms with E-state index in [0.717, 1.165) is 83.8 Å². The third kappa shape index (κ3) is 38.4. The minimum Gasteiger partial charge on any atom is -0.465 e. The Hall–Kier alpha value is -1.14. The topological polar surface area (TPSA) is 76.1 Å². The first kappa shape index (κ1) is 54.9. The first-order valence-corrected chi connectivity index (χ1v) is 25.2. The van der Waals surface area contributed by atoms with E-state index in [2.05, 4.69) is 32.6 Å². The second kappa shape index (κ2) is 45.0. The van der Waals surface area contributed by atoms with Crippen molar-refractivity contribution in [1.29, 1.82) is 0 Å². The molecule has 6 heteroatoms. The second-order valence-electron chi connectivity index (χ2n) is 17.4. The van der Waals surface area contributed by atoms with Gasteiger partial charge in [-0.05, 0) is 89.8 Å². The van der Waals surface area contributed by atoms with Crippen LogP contribution < -0.4 is 0 Å². The van der Waals surface area contributed by atoms with Crippen molar-refractivity contribution < 1.29 is 24.2 Å². The Morgan fingerprint density at radius 3 is 1.34 bits per heavy atom. The number of ether oxygens (including phenoxy) is 2. The van der Waals surface area contributed by atoms with Crippen molar-refractivity contribution in [3.63, 3.8) is 0 Å². The van der Waals surface area contributed by atoms with Crippen LogP contribution in [0.1, 0.15) is 259 Å². The van der Waals surface area contributed by atoms with Crippen LogP contribution in [0.3, 0.4) is 0 Å². The predicted molar refractivity (Wildman–Crippen MR) is 241 cm³/mol. The van der Waals surface area contributed by atoms with Crippen LogP contribution in [0, 0.1) is 11.8 Å². The minimum absolute atomic E-state index is 0.00483. The molecule has 1 N–H and O–H groups in total. The van der Waals surface area contributed by atoms with Crippen molar-refractivity contribution >= 4 is 11.9 Å². The zero-order valence-electron chi connectivity index (χ0n) is 38.4. The van der Waals surface area contributed by atoms with Gasteiger partial charge in [-0.25, -0.2) is 0 Å². The van der Waals surface area contributed by atoms with Crippen molar-refractivity contribution in [2.45, 2.75) is 259 Å². The molecule has 0 rings (SSSR count). The molecule has 0 spiro atoms. The van der Waals surface area contributed by atoms with Crippen molar-refractivity contribution in [3.05, 3.63) is 0 Å². The van der Waals surface area contributed by atoms with Crippen LogP contribution in [0.5, 0.6) is 0 Å². The molecule has 0 aliphatic heterocycles. The molecule has 0 amide bonds. The van der Waals surface area contributed by atoms with E-state index in [4.69, 9.17) is 9.47 Å². The molecular weight excluding hydrogens is 695 g/mol. The van der Waals surface area contributed by atoms with Gasteiger partial charge in [-0.2, -0.15) is 0 Å². The largest absolute Gasteiger partial charge is 0.465 e. The zero-order valence-corrected chi connectivity index (χ0v) is 38.4. The van der Waals surface area contributed by atoms with Gasteiger partial charge >= 0.3 is 11.9 Å². The molecular formula is C50H99NO5. The van der Waals surface area contributed by atoms with Crippen LogP contribution in [-0.4, -0.2) is 61.4 Å². The minimum atomic E-state index is 0.00483. The highest BCUT2D eigenvalue weighted by Gasteiger charge is 2.19. The fourth-order valence-electron chi connectivity index (χ4n) is 8.04. The molecule has 6 nitrogen and oxygen atoms in total. The van der Waals surface area contributed by atoms with Gasteiger partial charge in [0.1, 0.15) is 0 Å². The summed E-state index contributed by atoms with van der Waals surface area (Å²) in [5.41, 5.74) is 0. The molecule has 0 aliphatic rings.